The van der Waals surface area contributed by atoms with Gasteiger partial charge in [0.25, 0.3) is 0 Å². The monoisotopic (exact) mass is 520 g/mol. The van der Waals surface area contributed by atoms with E-state index in [-0.39, 0.29) is 44.5 Å². The Kier molecular flexibility index (Phi) is 7.15. The van der Waals surface area contributed by atoms with Crippen molar-refractivity contribution >= 4 is 22.6 Å². The van der Waals surface area contributed by atoms with Gasteiger partial charge in [-0.1, -0.05) is 73.1 Å². The van der Waals surface area contributed by atoms with Crippen LogP contribution in [-0.2, 0) is 18.4 Å². The first-order chi connectivity index (χ1) is 15.7. The molecule has 35 heavy (non-hydrogen) atoms. The average Bonchev–Trinajstić information content (AvgIpc) is 3.06. The zero-order valence-corrected chi connectivity index (χ0v) is 26.7. The van der Waals surface area contributed by atoms with Crippen molar-refractivity contribution < 1.29 is 18.4 Å². The summed E-state index contributed by atoms with van der Waals surface area (Å²) in [6.45, 7) is 32.7. The van der Waals surface area contributed by atoms with E-state index in [0.29, 0.717) is 6.61 Å². The van der Waals surface area contributed by atoms with E-state index in [1.807, 2.05) is 6.92 Å². The molecular weight excluding hydrogens is 468 g/mol. The third-order valence-corrected chi connectivity index (χ3v) is 19.9. The third kappa shape index (κ3) is 4.00. The molecule has 4 saturated carbocycles. The summed E-state index contributed by atoms with van der Waals surface area (Å²) in [5, 5.41) is 0.255. The fourth-order valence-electron chi connectivity index (χ4n) is 6.85. The number of hydrogen-bond donors (Lipinski definition) is 0. The minimum atomic E-state index is -2.05. The highest BCUT2D eigenvalue weighted by atomic mass is 28.4. The van der Waals surface area contributed by atoms with Crippen LogP contribution in [0.15, 0.2) is 24.3 Å². The van der Waals surface area contributed by atoms with Crippen LogP contribution in [0.25, 0.3) is 0 Å². The molecule has 0 unspecified atom stereocenters. The molecule has 0 heterocycles. The van der Waals surface area contributed by atoms with Crippen LogP contribution >= 0.6 is 0 Å². The third-order valence-electron chi connectivity index (χ3n) is 10.9. The van der Waals surface area contributed by atoms with Crippen molar-refractivity contribution in [2.45, 2.75) is 130 Å². The molecule has 0 N–H and O–H groups in total. The number of ether oxygens (including phenoxy) is 1. The molecule has 0 saturated heterocycles. The first kappa shape index (κ1) is 28.9. The molecule has 4 aliphatic rings. The Morgan fingerprint density at radius 1 is 1.03 bits per heavy atom. The Morgan fingerprint density at radius 2 is 1.54 bits per heavy atom. The molecule has 0 aromatic rings. The van der Waals surface area contributed by atoms with Gasteiger partial charge in [-0.3, -0.25) is 0 Å². The molecule has 5 atom stereocenters. The maximum absolute atomic E-state index is 12.4. The van der Waals surface area contributed by atoms with Crippen molar-refractivity contribution in [3.05, 3.63) is 24.3 Å². The quantitative estimate of drug-likeness (QED) is 0.147. The first-order valence-corrected chi connectivity index (χ1v) is 19.5. The van der Waals surface area contributed by atoms with Crippen LogP contribution in [0.3, 0.4) is 0 Å². The van der Waals surface area contributed by atoms with E-state index in [2.05, 4.69) is 80.7 Å². The van der Waals surface area contributed by atoms with Crippen molar-refractivity contribution in [1.29, 1.82) is 0 Å². The van der Waals surface area contributed by atoms with Gasteiger partial charge in [0, 0.05) is 16.9 Å². The number of esters is 1. The maximum atomic E-state index is 12.4. The topological polar surface area (TPSA) is 44.8 Å². The van der Waals surface area contributed by atoms with Crippen LogP contribution in [0, 0.1) is 16.2 Å². The predicted molar refractivity (Wildman–Crippen MR) is 150 cm³/mol. The molecule has 4 fully saturated rings. The Labute approximate surface area is 217 Å². The van der Waals surface area contributed by atoms with Crippen LogP contribution in [0.1, 0.15) is 81.1 Å². The molecule has 0 aromatic carbocycles. The lowest BCUT2D eigenvalue weighted by Gasteiger charge is -2.70. The molecule has 0 radical (unpaired) electrons. The summed E-state index contributed by atoms with van der Waals surface area (Å²) in [6.07, 6.45) is 8.10. The van der Waals surface area contributed by atoms with E-state index in [9.17, 15) is 4.79 Å². The lowest BCUT2D eigenvalue weighted by atomic mass is 9.35. The van der Waals surface area contributed by atoms with Gasteiger partial charge in [0.2, 0.25) is 0 Å². The lowest BCUT2D eigenvalue weighted by Crippen LogP contribution is -2.70. The van der Waals surface area contributed by atoms with Crippen molar-refractivity contribution in [2.24, 2.45) is 16.2 Å². The van der Waals surface area contributed by atoms with Gasteiger partial charge in [-0.25, -0.2) is 4.79 Å². The summed E-state index contributed by atoms with van der Waals surface area (Å²) in [4.78, 5) is 12.4. The van der Waals surface area contributed by atoms with Gasteiger partial charge < -0.3 is 13.6 Å². The summed E-state index contributed by atoms with van der Waals surface area (Å²) in [6, 6.07) is 0. The molecule has 4 nitrogen and oxygen atoms in total. The lowest BCUT2D eigenvalue weighted by molar-refractivity contribution is -0.169. The summed E-state index contributed by atoms with van der Waals surface area (Å²) in [7, 11) is -4.06. The Balaban J connectivity index is 2.12. The fourth-order valence-corrected chi connectivity index (χ4v) is 9.56. The van der Waals surface area contributed by atoms with Gasteiger partial charge in [-0.05, 0) is 67.9 Å². The first-order valence-electron chi connectivity index (χ1n) is 13.6. The second-order valence-electron chi connectivity index (χ2n) is 14.6. The van der Waals surface area contributed by atoms with Crippen LogP contribution in [0.4, 0.5) is 0 Å². The second kappa shape index (κ2) is 8.67. The molecule has 1 spiro atoms. The summed E-state index contributed by atoms with van der Waals surface area (Å²) in [5.41, 5.74) is 0.718. The molecule has 0 aliphatic heterocycles. The van der Waals surface area contributed by atoms with Crippen molar-refractivity contribution in [2.75, 3.05) is 6.61 Å². The maximum Gasteiger partial charge on any atom is 0.330 e. The van der Waals surface area contributed by atoms with E-state index in [1.54, 1.807) is 6.08 Å². The SMILES string of the molecule is C=C1[C@]23[C@@H](O[Si](C)(C)C(C)(C)C)C[C@@]1(/C=C/C(=O)OCC)[C@]2(C)CCC[C@H]3O[Si](C)(C)C(C)(C)C. The Hall–Kier alpha value is -0.696. The van der Waals surface area contributed by atoms with E-state index in [0.717, 1.165) is 25.7 Å². The van der Waals surface area contributed by atoms with Crippen LogP contribution in [0.2, 0.25) is 36.3 Å². The number of carbonyl (C=O) groups is 1. The number of hydrogen-bond acceptors (Lipinski definition) is 4. The highest BCUT2D eigenvalue weighted by Crippen LogP contribution is 2.86. The van der Waals surface area contributed by atoms with E-state index < -0.39 is 16.6 Å². The van der Waals surface area contributed by atoms with E-state index in [4.69, 9.17) is 20.2 Å². The number of allylic oxidation sites excluding steroid dienone is 1. The Bertz CT molecular complexity index is 893. The van der Waals surface area contributed by atoms with Gasteiger partial charge in [-0.2, -0.15) is 0 Å². The largest absolute Gasteiger partial charge is 0.463 e. The van der Waals surface area contributed by atoms with Gasteiger partial charge in [0.05, 0.1) is 18.8 Å². The highest BCUT2D eigenvalue weighted by Gasteiger charge is 2.84. The smallest absolute Gasteiger partial charge is 0.330 e. The summed E-state index contributed by atoms with van der Waals surface area (Å²) < 4.78 is 19.8. The standard InChI is InChI=1S/C29H52O4Si2/c1-14-31-24(30)17-19-28-20-23(33-35(12,13)26(6,7)8)29(21(28)2)22(16-15-18-27(28,29)9)32-34(10,11)25(3,4)5/h17,19,22-23H,2,14-16,18,20H2,1,3-13H3/b19-17+/t22-,23+,27+,28-,29+/m1/s1. The van der Waals surface area contributed by atoms with Gasteiger partial charge >= 0.3 is 5.97 Å². The zero-order valence-electron chi connectivity index (χ0n) is 24.7. The van der Waals surface area contributed by atoms with Crippen molar-refractivity contribution in [1.82, 2.24) is 0 Å². The molecule has 0 amide bonds. The number of carbonyl (C=O) groups excluding carboxylic acids is 1. The zero-order chi connectivity index (χ0) is 26.9. The molecule has 0 aromatic heterocycles. The van der Waals surface area contributed by atoms with Crippen LogP contribution in [0.5, 0.6) is 0 Å². The Morgan fingerprint density at radius 3 is 2.03 bits per heavy atom. The number of rotatable bonds is 7. The minimum absolute atomic E-state index is 0.0433. The molecule has 2 bridgehead atoms. The molecule has 4 rings (SSSR count). The second-order valence-corrected chi connectivity index (χ2v) is 24.1. The van der Waals surface area contributed by atoms with Gasteiger partial charge in [-0.15, -0.1) is 0 Å². The summed E-state index contributed by atoms with van der Waals surface area (Å²) in [5.74, 6) is -0.269. The fraction of sp³-hybridized carbons (Fsp3) is 0.828. The predicted octanol–water partition coefficient (Wildman–Crippen LogP) is 8.02. The van der Waals surface area contributed by atoms with Gasteiger partial charge in [0.1, 0.15) is 0 Å². The van der Waals surface area contributed by atoms with E-state index in [1.165, 1.54) is 5.57 Å². The molecule has 6 heteroatoms. The number of fused-ring (bicyclic) bond motifs is 1. The minimum Gasteiger partial charge on any atom is -0.463 e. The van der Waals surface area contributed by atoms with Crippen molar-refractivity contribution in [3.63, 3.8) is 0 Å². The van der Waals surface area contributed by atoms with E-state index >= 15 is 0 Å². The van der Waals surface area contributed by atoms with Crippen LogP contribution < -0.4 is 0 Å². The highest BCUT2D eigenvalue weighted by molar-refractivity contribution is 6.74. The summed E-state index contributed by atoms with van der Waals surface area (Å²) >= 11 is 0. The molecule has 200 valence electrons. The average molecular weight is 521 g/mol. The normalized spacial score (nSPS) is 35.7. The van der Waals surface area contributed by atoms with Crippen LogP contribution in [-0.4, -0.2) is 41.4 Å². The van der Waals surface area contributed by atoms with Gasteiger partial charge in [0.15, 0.2) is 16.6 Å². The van der Waals surface area contributed by atoms with Crippen molar-refractivity contribution in [3.8, 4) is 0 Å². The molecule has 4 aliphatic carbocycles. The molecular formula is C29H52O4Si2.